The number of aryl methyl sites for hydroxylation is 1. The number of rotatable bonds is 18. The Hall–Kier alpha value is -8.77. The van der Waals surface area contributed by atoms with Gasteiger partial charge < -0.3 is 61.6 Å². The summed E-state index contributed by atoms with van der Waals surface area (Å²) in [6, 6.07) is 19.2. The molecular formula is C96H154N6O13. The van der Waals surface area contributed by atoms with E-state index >= 15 is 0 Å². The van der Waals surface area contributed by atoms with Gasteiger partial charge in [-0.15, -0.1) is 0 Å². The molecule has 5 aromatic rings. The number of nitrogens with zero attached hydrogens (tertiary/aromatic N) is 2. The number of aromatic hydroxyl groups is 5. The van der Waals surface area contributed by atoms with Crippen molar-refractivity contribution in [1.29, 1.82) is 0 Å². The number of aliphatic imine (C=N–C) groups is 1. The fourth-order valence-corrected chi connectivity index (χ4v) is 11.5. The second kappa shape index (κ2) is 45.7. The third-order valence-electron chi connectivity index (χ3n) is 18.4. The van der Waals surface area contributed by atoms with Crippen LogP contribution in [0.25, 0.3) is 0 Å². The summed E-state index contributed by atoms with van der Waals surface area (Å²) >= 11 is 0. The maximum absolute atomic E-state index is 12.0. The molecule has 0 atom stereocenters. The topological polar surface area (TPSA) is 300 Å². The molecule has 646 valence electrons. The lowest BCUT2D eigenvalue weighted by molar-refractivity contribution is -0.139. The lowest BCUT2D eigenvalue weighted by atomic mass is 9.78. The SMILES string of the molecule is C=C(C)C(=O)OCCN=C=O.C=C(C)C(=O)OCCNC(=O)NCc1cc(C(C)(C)C)c(O)c(C(C)(C)C)c1.CC(C)(C)c1cc(C=O)cc(C(C)(C)C)c1O.CC(C)(C)c1cc(CN)cc(C(C)(C)C)c1O.CC(C)(C)c1cc(CNC=O)cc(C(C)(C)C)c1O.CCN(CC)CC.Cc1cc(C(C)(C)C)c(O)c(C(C)(C)C)c1. The number of aldehydes is 1. The van der Waals surface area contributed by atoms with E-state index in [4.69, 9.17) is 10.5 Å². The second-order valence-corrected chi connectivity index (χ2v) is 39.6. The monoisotopic (exact) mass is 1600 g/mol. The van der Waals surface area contributed by atoms with Gasteiger partial charge in [0.05, 0.1) is 13.1 Å². The molecule has 0 radical (unpaired) electrons. The third kappa shape index (κ3) is 38.2. The van der Waals surface area contributed by atoms with E-state index in [9.17, 15) is 54.3 Å². The number of amides is 3. The maximum Gasteiger partial charge on any atom is 0.333 e. The quantitative estimate of drug-likeness (QED) is 0.00984. The van der Waals surface area contributed by atoms with Gasteiger partial charge in [0.2, 0.25) is 12.5 Å². The van der Waals surface area contributed by atoms with Crippen molar-refractivity contribution in [1.82, 2.24) is 20.9 Å². The van der Waals surface area contributed by atoms with Crippen LogP contribution in [0.3, 0.4) is 0 Å². The van der Waals surface area contributed by atoms with Gasteiger partial charge in [0.15, 0.2) is 0 Å². The van der Waals surface area contributed by atoms with Crippen LogP contribution in [0.4, 0.5) is 4.79 Å². The zero-order valence-corrected chi connectivity index (χ0v) is 77.9. The van der Waals surface area contributed by atoms with E-state index in [2.05, 4.69) is 208 Å². The normalized spacial score (nSPS) is 11.8. The number of urea groups is 1. The Morgan fingerprint density at radius 3 is 0.930 bits per heavy atom. The van der Waals surface area contributed by atoms with Gasteiger partial charge in [0.25, 0.3) is 0 Å². The molecule has 0 saturated carbocycles. The number of hydrogen-bond acceptors (Lipinski definition) is 16. The van der Waals surface area contributed by atoms with E-state index < -0.39 is 11.9 Å². The van der Waals surface area contributed by atoms with Crippen LogP contribution in [0.2, 0.25) is 0 Å². The Labute approximate surface area is 694 Å². The van der Waals surface area contributed by atoms with Crippen LogP contribution in [0.5, 0.6) is 28.7 Å². The number of hydrogen-bond donors (Lipinski definition) is 9. The van der Waals surface area contributed by atoms with Crippen molar-refractivity contribution in [3.8, 4) is 28.7 Å². The van der Waals surface area contributed by atoms with Gasteiger partial charge in [-0.25, -0.2) is 24.2 Å². The summed E-state index contributed by atoms with van der Waals surface area (Å²) in [6.07, 6.45) is 2.86. The number of nitrogens with two attached hydrogens (primary N) is 1. The van der Waals surface area contributed by atoms with Crippen LogP contribution in [0.1, 0.15) is 331 Å². The van der Waals surface area contributed by atoms with Crippen LogP contribution in [-0.2, 0) is 102 Å². The van der Waals surface area contributed by atoms with Crippen LogP contribution in [0, 0.1) is 6.92 Å². The van der Waals surface area contributed by atoms with E-state index in [-0.39, 0.29) is 86.5 Å². The number of ether oxygens (including phenoxy) is 2. The van der Waals surface area contributed by atoms with E-state index in [0.29, 0.717) is 71.5 Å². The second-order valence-electron chi connectivity index (χ2n) is 39.6. The van der Waals surface area contributed by atoms with Gasteiger partial charge in [-0.1, -0.05) is 271 Å². The average molecular weight is 1600 g/mol. The molecule has 0 saturated heterocycles. The molecule has 0 aromatic heterocycles. The van der Waals surface area contributed by atoms with Crippen molar-refractivity contribution in [2.45, 2.75) is 323 Å². The van der Waals surface area contributed by atoms with Crippen LogP contribution in [0.15, 0.2) is 90.0 Å². The van der Waals surface area contributed by atoms with Crippen LogP contribution in [-0.4, -0.2) is 113 Å². The summed E-state index contributed by atoms with van der Waals surface area (Å²) < 4.78 is 9.52. The summed E-state index contributed by atoms with van der Waals surface area (Å²) in [5.74, 6) is 0.938. The Morgan fingerprint density at radius 2 is 0.696 bits per heavy atom. The maximum atomic E-state index is 12.0. The highest BCUT2D eigenvalue weighted by molar-refractivity contribution is 5.87. The first-order valence-corrected chi connectivity index (χ1v) is 40.1. The Bertz CT molecular complexity index is 3860. The highest BCUT2D eigenvalue weighted by atomic mass is 16.5. The van der Waals surface area contributed by atoms with E-state index in [0.717, 1.165) is 78.6 Å². The largest absolute Gasteiger partial charge is 0.507 e. The minimum atomic E-state index is -0.476. The van der Waals surface area contributed by atoms with Gasteiger partial charge in [-0.2, -0.15) is 0 Å². The highest BCUT2D eigenvalue weighted by Gasteiger charge is 2.32. The summed E-state index contributed by atoms with van der Waals surface area (Å²) in [4.78, 5) is 70.5. The molecule has 0 spiro atoms. The molecule has 0 aliphatic rings. The number of carbonyl (C=O) groups excluding carboxylic acids is 6. The molecule has 0 aliphatic heterocycles. The first-order chi connectivity index (χ1) is 52.0. The third-order valence-corrected chi connectivity index (χ3v) is 18.4. The van der Waals surface area contributed by atoms with Gasteiger partial charge in [0, 0.05) is 47.5 Å². The fraction of sp³-hybridized carbons (Fsp3) is 0.583. The average Bonchev–Trinajstić information content (AvgIpc) is 0.805. The number of phenolic OH excluding ortho intramolecular Hbond substituents is 5. The van der Waals surface area contributed by atoms with Crippen molar-refractivity contribution in [2.24, 2.45) is 10.7 Å². The summed E-state index contributed by atoms with van der Waals surface area (Å²) in [6.45, 7) is 86.4. The van der Waals surface area contributed by atoms with Gasteiger partial charge in [-0.3, -0.25) is 9.59 Å². The van der Waals surface area contributed by atoms with E-state index in [1.54, 1.807) is 26.0 Å². The van der Waals surface area contributed by atoms with Gasteiger partial charge >= 0.3 is 18.0 Å². The summed E-state index contributed by atoms with van der Waals surface area (Å²) in [5.41, 5.74) is 19.2. The van der Waals surface area contributed by atoms with Gasteiger partial charge in [-0.05, 0) is 192 Å². The van der Waals surface area contributed by atoms with Crippen molar-refractivity contribution in [2.75, 3.05) is 45.9 Å². The smallest absolute Gasteiger partial charge is 0.333 e. The molecule has 3 amide bonds. The Balaban J connectivity index is 0. The minimum Gasteiger partial charge on any atom is -0.507 e. The molecular weight excluding hydrogens is 1450 g/mol. The number of esters is 2. The lowest BCUT2D eigenvalue weighted by Crippen LogP contribution is -2.37. The molecule has 0 unspecified atom stereocenters. The lowest BCUT2D eigenvalue weighted by Gasteiger charge is -2.28. The summed E-state index contributed by atoms with van der Waals surface area (Å²) in [7, 11) is 0. The number of phenols is 5. The van der Waals surface area contributed by atoms with Crippen LogP contribution >= 0.6 is 0 Å². The molecule has 5 rings (SSSR count). The molecule has 0 aliphatic carbocycles. The molecule has 10 N–H and O–H groups in total. The van der Waals surface area contributed by atoms with E-state index in [1.807, 2.05) is 119 Å². The molecule has 0 fully saturated rings. The van der Waals surface area contributed by atoms with Crippen molar-refractivity contribution < 1.29 is 63.8 Å². The van der Waals surface area contributed by atoms with Crippen molar-refractivity contribution >= 4 is 36.7 Å². The van der Waals surface area contributed by atoms with Crippen molar-refractivity contribution in [3.63, 3.8) is 0 Å². The molecule has 115 heavy (non-hydrogen) atoms. The van der Waals surface area contributed by atoms with Crippen molar-refractivity contribution in [3.05, 3.63) is 168 Å². The predicted octanol–water partition coefficient (Wildman–Crippen LogP) is 20.5. The standard InChI is InChI=1S/C22H34N2O4.C16H25NO2.C15H25NO.C15H22O2.C15H24O.C7H9NO3.C6H15N/c1-14(2)19(26)28-10-9-23-20(27)24-13-15-11-16(21(3,4)5)18(25)17(12-15)22(6,7)8;1-15(2,3)12-7-11(9-17-10-18)8-13(14(12)19)16(4,5)6;2*1-14(2,3)11-7-10(9-16)8-12(13(11)17)15(4,5)6;1-10-8-11(14(2,3)4)13(16)12(9-10)15(5,6)7;1-6(2)7(10)11-4-3-8-5-9;1-4-7(5-2)6-3/h11-12,25H,1,9-10,13H2,2-8H3,(H2,23,24,27);7-8,10,19H,9H2,1-6H3,(H,17,18);7-8,17H,9,16H2,1-6H3;7-9,17H,1-6H3;8-9,16H,1-7H3;1,3-4H2,2H3;4-6H2,1-3H3. The fourth-order valence-electron chi connectivity index (χ4n) is 11.5. The van der Waals surface area contributed by atoms with Gasteiger partial charge in [0.1, 0.15) is 48.2 Å². The van der Waals surface area contributed by atoms with E-state index in [1.165, 1.54) is 31.3 Å². The number of carbonyl (C=O) groups is 5. The molecule has 19 heteroatoms. The highest BCUT2D eigenvalue weighted by Crippen LogP contribution is 2.45. The molecule has 19 nitrogen and oxygen atoms in total. The number of nitrogens with one attached hydrogen (secondary N) is 3. The first-order valence-electron chi connectivity index (χ1n) is 40.1. The first kappa shape index (κ1) is 108. The number of isocyanates is 1. The predicted molar refractivity (Wildman–Crippen MR) is 477 cm³/mol. The zero-order chi connectivity index (χ0) is 90.5. The van der Waals surface area contributed by atoms with Crippen LogP contribution < -0.4 is 21.7 Å². The Kier molecular flexibility index (Phi) is 43.0. The molecule has 0 bridgehead atoms. The Morgan fingerprint density at radius 1 is 0.435 bits per heavy atom. The zero-order valence-electron chi connectivity index (χ0n) is 77.9. The molecule has 5 aromatic carbocycles. The number of benzene rings is 5. The minimum absolute atomic E-state index is 0.0178. The molecule has 0 heterocycles. The summed E-state index contributed by atoms with van der Waals surface area (Å²) in [5, 5.41) is 60.6.